The molecule has 3 aromatic rings. The van der Waals surface area contributed by atoms with Crippen molar-refractivity contribution in [3.63, 3.8) is 0 Å². The molecule has 0 fully saturated rings. The van der Waals surface area contributed by atoms with E-state index in [9.17, 15) is 9.59 Å². The second-order valence-electron chi connectivity index (χ2n) is 6.15. The van der Waals surface area contributed by atoms with Gasteiger partial charge >= 0.3 is 163 Å². The van der Waals surface area contributed by atoms with Crippen LogP contribution in [-0.4, -0.2) is 35.8 Å². The van der Waals surface area contributed by atoms with E-state index in [1.165, 1.54) is 0 Å². The molecule has 0 unspecified atom stereocenters. The summed E-state index contributed by atoms with van der Waals surface area (Å²) in [7, 11) is 0. The molecule has 1 N–H and O–H groups in total. The first-order valence-corrected chi connectivity index (χ1v) is 14.2. The summed E-state index contributed by atoms with van der Waals surface area (Å²) in [5, 5.41) is 8.92. The Morgan fingerprint density at radius 3 is 1.37 bits per heavy atom. The van der Waals surface area contributed by atoms with Gasteiger partial charge in [0, 0.05) is 0 Å². The molecule has 3 rings (SSSR count). The zero-order valence-electron chi connectivity index (χ0n) is 14.7. The summed E-state index contributed by atoms with van der Waals surface area (Å²) in [6.07, 6.45) is -0.375. The van der Waals surface area contributed by atoms with Crippen LogP contribution in [0.2, 0.25) is 0 Å². The monoisotopic (exact) mass is 468 g/mol. The molecule has 27 heavy (non-hydrogen) atoms. The topological polar surface area (TPSA) is 63.6 Å². The van der Waals surface area contributed by atoms with Crippen molar-refractivity contribution in [2.24, 2.45) is 0 Å². The van der Waals surface area contributed by atoms with Crippen LogP contribution in [0.5, 0.6) is 0 Å². The number of hydrogen-bond acceptors (Lipinski definition) is 3. The number of carbonyl (C=O) groups excluding carboxylic acids is 1. The van der Waals surface area contributed by atoms with E-state index in [0.717, 1.165) is 10.7 Å². The van der Waals surface area contributed by atoms with Gasteiger partial charge in [-0.15, -0.1) is 0 Å². The molecule has 0 aromatic heterocycles. The van der Waals surface area contributed by atoms with Crippen molar-refractivity contribution >= 4 is 41.5 Å². The van der Waals surface area contributed by atoms with Crippen LogP contribution < -0.4 is 10.7 Å². The molecule has 0 aliphatic rings. The summed E-state index contributed by atoms with van der Waals surface area (Å²) < 4.78 is 9.28. The molecule has 0 heterocycles. The summed E-state index contributed by atoms with van der Waals surface area (Å²) in [6, 6.07) is 29.5. The van der Waals surface area contributed by atoms with Crippen molar-refractivity contribution in [3.8, 4) is 0 Å². The summed E-state index contributed by atoms with van der Waals surface area (Å²) >= 11 is -4.10. The van der Waals surface area contributed by atoms with E-state index < -0.39 is 30.7 Å². The SMILES string of the molecule is O=C(O)CCC(=O)[O][Sn]([c]1ccccc1)([c]1ccccc1)[c]1ccccc1. The molecule has 0 spiro atoms. The summed E-state index contributed by atoms with van der Waals surface area (Å²) in [6.45, 7) is 0. The van der Waals surface area contributed by atoms with Gasteiger partial charge in [0.1, 0.15) is 0 Å². The fraction of sp³-hybridized carbons (Fsp3) is 0.0909. The summed E-state index contributed by atoms with van der Waals surface area (Å²) in [5.41, 5.74) is 0. The molecule has 0 bridgehead atoms. The van der Waals surface area contributed by atoms with E-state index in [0.29, 0.717) is 0 Å². The average molecular weight is 467 g/mol. The van der Waals surface area contributed by atoms with Crippen molar-refractivity contribution in [1.29, 1.82) is 0 Å². The van der Waals surface area contributed by atoms with Gasteiger partial charge in [0.15, 0.2) is 0 Å². The molecule has 0 atom stereocenters. The first-order valence-electron chi connectivity index (χ1n) is 8.73. The molecule has 0 saturated carbocycles. The van der Waals surface area contributed by atoms with Crippen LogP contribution >= 0.6 is 0 Å². The first-order chi connectivity index (χ1) is 13.1. The van der Waals surface area contributed by atoms with E-state index >= 15 is 0 Å². The molecular weight excluding hydrogens is 447 g/mol. The normalized spacial score (nSPS) is 11.0. The maximum atomic E-state index is 12.7. The van der Waals surface area contributed by atoms with Crippen LogP contribution in [0.25, 0.3) is 0 Å². The average Bonchev–Trinajstić information content (AvgIpc) is 2.72. The zero-order chi connectivity index (χ0) is 19.1. The third-order valence-corrected chi connectivity index (χ3v) is 15.7. The predicted octanol–water partition coefficient (Wildman–Crippen LogP) is 2.06. The number of rotatable bonds is 7. The molecule has 3 aromatic carbocycles. The van der Waals surface area contributed by atoms with E-state index in [2.05, 4.69) is 0 Å². The number of carboxylic acid groups (broad SMARTS) is 1. The van der Waals surface area contributed by atoms with Crippen LogP contribution in [0.4, 0.5) is 0 Å². The van der Waals surface area contributed by atoms with Gasteiger partial charge in [0.05, 0.1) is 0 Å². The van der Waals surface area contributed by atoms with Crippen molar-refractivity contribution < 1.29 is 17.8 Å². The Hall–Kier alpha value is -2.60. The molecular formula is C22H20O4Sn. The van der Waals surface area contributed by atoms with Gasteiger partial charge in [0.25, 0.3) is 0 Å². The maximum absolute atomic E-state index is 12.7. The van der Waals surface area contributed by atoms with Crippen molar-refractivity contribution in [2.75, 3.05) is 0 Å². The Morgan fingerprint density at radius 1 is 0.667 bits per heavy atom. The molecule has 136 valence electrons. The van der Waals surface area contributed by atoms with Gasteiger partial charge in [-0.3, -0.25) is 0 Å². The van der Waals surface area contributed by atoms with Crippen LogP contribution in [0.15, 0.2) is 91.0 Å². The van der Waals surface area contributed by atoms with E-state index in [1.54, 1.807) is 0 Å². The van der Waals surface area contributed by atoms with Crippen LogP contribution in [0, 0.1) is 0 Å². The quantitative estimate of drug-likeness (QED) is 0.541. The van der Waals surface area contributed by atoms with Crippen LogP contribution in [0.1, 0.15) is 12.8 Å². The fourth-order valence-electron chi connectivity index (χ4n) is 3.13. The minimum absolute atomic E-state index is 0.138. The van der Waals surface area contributed by atoms with Gasteiger partial charge < -0.3 is 0 Å². The molecule has 0 saturated heterocycles. The third-order valence-electron chi connectivity index (χ3n) is 4.35. The Balaban J connectivity index is 2.17. The molecule has 0 radical (unpaired) electrons. The standard InChI is InChI=1S/3C6H5.C4H6O4.Sn/c3*1-2-4-6-5-3-1;5-3(6)1-2-4(7)8;/h3*1-5H;1-2H2,(H,5,6)(H,7,8);/q;;;;+1/p-1. The zero-order valence-corrected chi connectivity index (χ0v) is 17.6. The van der Waals surface area contributed by atoms with Crippen molar-refractivity contribution in [2.45, 2.75) is 12.8 Å². The Bertz CT molecular complexity index is 799. The molecule has 0 aliphatic carbocycles. The number of carboxylic acids is 1. The minimum atomic E-state index is -4.10. The van der Waals surface area contributed by atoms with Gasteiger partial charge in [-0.05, 0) is 0 Å². The van der Waals surface area contributed by atoms with E-state index in [1.807, 2.05) is 91.0 Å². The van der Waals surface area contributed by atoms with Crippen molar-refractivity contribution in [3.05, 3.63) is 91.0 Å². The predicted molar refractivity (Wildman–Crippen MR) is 107 cm³/mol. The van der Waals surface area contributed by atoms with E-state index in [4.69, 9.17) is 8.18 Å². The number of benzene rings is 3. The van der Waals surface area contributed by atoms with Gasteiger partial charge in [-0.2, -0.15) is 0 Å². The first kappa shape index (κ1) is 19.2. The Kier molecular flexibility index (Phi) is 6.29. The van der Waals surface area contributed by atoms with Gasteiger partial charge in [0.2, 0.25) is 0 Å². The fourth-order valence-corrected chi connectivity index (χ4v) is 13.9. The van der Waals surface area contributed by atoms with E-state index in [-0.39, 0.29) is 12.8 Å². The second-order valence-corrected chi connectivity index (χ2v) is 15.6. The number of carbonyl (C=O) groups is 2. The van der Waals surface area contributed by atoms with Gasteiger partial charge in [-0.25, -0.2) is 0 Å². The molecule has 5 heteroatoms. The van der Waals surface area contributed by atoms with Crippen LogP contribution in [-0.2, 0) is 12.7 Å². The third kappa shape index (κ3) is 4.39. The van der Waals surface area contributed by atoms with Gasteiger partial charge in [-0.1, -0.05) is 0 Å². The number of aliphatic carboxylic acids is 1. The molecule has 0 amide bonds. The summed E-state index contributed by atoms with van der Waals surface area (Å²) in [4.78, 5) is 23.5. The van der Waals surface area contributed by atoms with Crippen molar-refractivity contribution in [1.82, 2.24) is 0 Å². The number of hydrogen-bond donors (Lipinski definition) is 1. The molecule has 0 aliphatic heterocycles. The molecule has 4 nitrogen and oxygen atoms in total. The summed E-state index contributed by atoms with van der Waals surface area (Å²) in [5.74, 6) is -1.48. The Morgan fingerprint density at radius 2 is 1.04 bits per heavy atom. The van der Waals surface area contributed by atoms with Crippen LogP contribution in [0.3, 0.4) is 0 Å². The second kappa shape index (κ2) is 8.86. The Labute approximate surface area is 162 Å².